The molecular weight excluding hydrogens is 434 g/mol. The molecule has 1 heterocycles. The molecule has 3 aromatic rings. The fourth-order valence-electron chi connectivity index (χ4n) is 2.83. The molecule has 0 radical (unpaired) electrons. The molecule has 0 atom stereocenters. The zero-order chi connectivity index (χ0) is 21.9. The molecule has 11 heteroatoms. The monoisotopic (exact) mass is 454 g/mol. The van der Waals surface area contributed by atoms with Gasteiger partial charge in [0.2, 0.25) is 15.9 Å². The summed E-state index contributed by atoms with van der Waals surface area (Å²) in [6.45, 7) is 2.65. The smallest absolute Gasteiger partial charge is 0.238 e. The molecule has 0 bridgehead atoms. The van der Waals surface area contributed by atoms with Gasteiger partial charge in [-0.05, 0) is 36.8 Å². The molecule has 0 fully saturated rings. The van der Waals surface area contributed by atoms with Crippen molar-refractivity contribution < 1.29 is 22.0 Å². The number of para-hydroxylation sites is 1. The molecule has 2 aromatic carbocycles. The molecule has 7 nitrogen and oxygen atoms in total. The number of sulfonamides is 1. The standard InChI is InChI=1S/C19H20F2N4O3S2/c1-2-3-9-25-16-8-7-12(30(22,27)28)10-15(16)23-19(25)29-11-17(26)24-18-13(20)5-4-6-14(18)21/h4-8,10H,2-3,9,11H2,1H3,(H,24,26)(H2,22,27,28). The van der Waals surface area contributed by atoms with Gasteiger partial charge in [-0.2, -0.15) is 0 Å². The highest BCUT2D eigenvalue weighted by Gasteiger charge is 2.17. The molecule has 0 unspecified atom stereocenters. The first-order valence-electron chi connectivity index (χ1n) is 9.10. The Morgan fingerprint density at radius 2 is 1.93 bits per heavy atom. The largest absolute Gasteiger partial charge is 0.320 e. The summed E-state index contributed by atoms with van der Waals surface area (Å²) in [6, 6.07) is 7.73. The molecule has 0 aliphatic rings. The zero-order valence-corrected chi connectivity index (χ0v) is 17.7. The molecule has 30 heavy (non-hydrogen) atoms. The third-order valence-electron chi connectivity index (χ3n) is 4.31. The van der Waals surface area contributed by atoms with E-state index in [0.29, 0.717) is 22.7 Å². The number of unbranched alkanes of at least 4 members (excludes halogenated alkanes) is 1. The summed E-state index contributed by atoms with van der Waals surface area (Å²) in [5.41, 5.74) is 0.639. The molecule has 1 amide bonds. The minimum Gasteiger partial charge on any atom is -0.320 e. The molecule has 1 aromatic heterocycles. The third-order valence-corrected chi connectivity index (χ3v) is 6.20. The lowest BCUT2D eigenvalue weighted by Gasteiger charge is -2.09. The van der Waals surface area contributed by atoms with Gasteiger partial charge in [-0.3, -0.25) is 4.79 Å². The van der Waals surface area contributed by atoms with Crippen LogP contribution < -0.4 is 10.5 Å². The van der Waals surface area contributed by atoms with Crippen LogP contribution in [0.1, 0.15) is 19.8 Å². The second-order valence-corrected chi connectivity index (χ2v) is 9.03. The second kappa shape index (κ2) is 9.11. The number of benzene rings is 2. The van der Waals surface area contributed by atoms with E-state index in [1.165, 1.54) is 18.2 Å². The maximum Gasteiger partial charge on any atom is 0.238 e. The summed E-state index contributed by atoms with van der Waals surface area (Å²) in [7, 11) is -3.87. The molecule has 0 aliphatic carbocycles. The molecule has 3 rings (SSSR count). The highest BCUT2D eigenvalue weighted by molar-refractivity contribution is 7.99. The number of rotatable bonds is 8. The van der Waals surface area contributed by atoms with Gasteiger partial charge in [0.15, 0.2) is 5.16 Å². The van der Waals surface area contributed by atoms with E-state index in [4.69, 9.17) is 5.14 Å². The van der Waals surface area contributed by atoms with Crippen molar-refractivity contribution in [3.05, 3.63) is 48.0 Å². The first-order valence-corrected chi connectivity index (χ1v) is 11.6. The molecular formula is C19H20F2N4O3S2. The van der Waals surface area contributed by atoms with E-state index in [9.17, 15) is 22.0 Å². The molecule has 0 spiro atoms. The van der Waals surface area contributed by atoms with Crippen LogP contribution >= 0.6 is 11.8 Å². The lowest BCUT2D eigenvalue weighted by Crippen LogP contribution is -2.16. The van der Waals surface area contributed by atoms with Gasteiger partial charge >= 0.3 is 0 Å². The Kier molecular flexibility index (Phi) is 6.74. The molecule has 0 aliphatic heterocycles. The van der Waals surface area contributed by atoms with Crippen LogP contribution in [0, 0.1) is 11.6 Å². The fraction of sp³-hybridized carbons (Fsp3) is 0.263. The number of nitrogens with two attached hydrogens (primary N) is 1. The van der Waals surface area contributed by atoms with E-state index in [-0.39, 0.29) is 10.6 Å². The lowest BCUT2D eigenvalue weighted by atomic mass is 10.3. The number of thioether (sulfide) groups is 1. The lowest BCUT2D eigenvalue weighted by molar-refractivity contribution is -0.113. The van der Waals surface area contributed by atoms with Gasteiger partial charge in [-0.25, -0.2) is 27.3 Å². The van der Waals surface area contributed by atoms with Crippen LogP contribution in [-0.2, 0) is 21.4 Å². The second-order valence-electron chi connectivity index (χ2n) is 6.53. The average Bonchev–Trinajstić information content (AvgIpc) is 3.03. The maximum absolute atomic E-state index is 13.7. The number of hydrogen-bond donors (Lipinski definition) is 2. The molecule has 160 valence electrons. The minimum atomic E-state index is -3.87. The van der Waals surface area contributed by atoms with Crippen LogP contribution in [0.25, 0.3) is 11.0 Å². The van der Waals surface area contributed by atoms with Crippen molar-refractivity contribution in [1.29, 1.82) is 0 Å². The van der Waals surface area contributed by atoms with Gasteiger partial charge in [-0.1, -0.05) is 31.2 Å². The fourth-order valence-corrected chi connectivity index (χ4v) is 4.20. The maximum atomic E-state index is 13.7. The summed E-state index contributed by atoms with van der Waals surface area (Å²) in [5.74, 6) is -2.45. The summed E-state index contributed by atoms with van der Waals surface area (Å²) in [6.07, 6.45) is 1.77. The van der Waals surface area contributed by atoms with Crippen LogP contribution in [0.3, 0.4) is 0 Å². The van der Waals surface area contributed by atoms with Gasteiger partial charge in [0.1, 0.15) is 17.3 Å². The number of amides is 1. The number of hydrogen-bond acceptors (Lipinski definition) is 5. The van der Waals surface area contributed by atoms with Crippen LogP contribution in [0.15, 0.2) is 46.5 Å². The number of imidazole rings is 1. The molecule has 0 saturated heterocycles. The number of aryl methyl sites for hydroxylation is 1. The number of carbonyl (C=O) groups is 1. The number of anilines is 1. The van der Waals surface area contributed by atoms with Crippen molar-refractivity contribution in [2.75, 3.05) is 11.1 Å². The van der Waals surface area contributed by atoms with Crippen molar-refractivity contribution in [3.8, 4) is 0 Å². The number of aromatic nitrogens is 2. The van der Waals surface area contributed by atoms with E-state index in [1.54, 1.807) is 6.07 Å². The number of nitrogens with one attached hydrogen (secondary N) is 1. The Labute approximate surface area is 176 Å². The van der Waals surface area contributed by atoms with E-state index >= 15 is 0 Å². The van der Waals surface area contributed by atoms with E-state index in [0.717, 1.165) is 36.7 Å². The Morgan fingerprint density at radius 3 is 2.57 bits per heavy atom. The van der Waals surface area contributed by atoms with Gasteiger partial charge in [-0.15, -0.1) is 0 Å². The summed E-state index contributed by atoms with van der Waals surface area (Å²) in [5, 5.41) is 7.91. The van der Waals surface area contributed by atoms with Crippen LogP contribution in [0.4, 0.5) is 14.5 Å². The van der Waals surface area contributed by atoms with Gasteiger partial charge < -0.3 is 9.88 Å². The summed E-state index contributed by atoms with van der Waals surface area (Å²) >= 11 is 1.09. The third kappa shape index (κ3) is 4.97. The van der Waals surface area contributed by atoms with E-state index in [1.807, 2.05) is 11.5 Å². The van der Waals surface area contributed by atoms with Crippen molar-refractivity contribution in [2.24, 2.45) is 5.14 Å². The Hall–Kier alpha value is -2.50. The number of carbonyl (C=O) groups excluding carboxylic acids is 1. The van der Waals surface area contributed by atoms with Gasteiger partial charge in [0.05, 0.1) is 21.7 Å². The van der Waals surface area contributed by atoms with Crippen molar-refractivity contribution in [1.82, 2.24) is 9.55 Å². The number of halogens is 2. The van der Waals surface area contributed by atoms with Crippen LogP contribution in [-0.4, -0.2) is 29.6 Å². The predicted molar refractivity (Wildman–Crippen MR) is 112 cm³/mol. The van der Waals surface area contributed by atoms with Gasteiger partial charge in [0.25, 0.3) is 0 Å². The van der Waals surface area contributed by atoms with Crippen LogP contribution in [0.2, 0.25) is 0 Å². The molecule has 0 saturated carbocycles. The summed E-state index contributed by atoms with van der Waals surface area (Å²) in [4.78, 5) is 16.6. The predicted octanol–water partition coefficient (Wildman–Crippen LogP) is 3.49. The van der Waals surface area contributed by atoms with E-state index in [2.05, 4.69) is 10.3 Å². The van der Waals surface area contributed by atoms with Crippen molar-refractivity contribution >= 4 is 44.4 Å². The average molecular weight is 455 g/mol. The normalized spacial score (nSPS) is 11.7. The Bertz CT molecular complexity index is 1180. The van der Waals surface area contributed by atoms with E-state index < -0.39 is 33.3 Å². The topological polar surface area (TPSA) is 107 Å². The first-order chi connectivity index (χ1) is 14.2. The quantitative estimate of drug-likeness (QED) is 0.507. The number of nitrogens with zero attached hydrogens (tertiary/aromatic N) is 2. The van der Waals surface area contributed by atoms with Gasteiger partial charge in [0, 0.05) is 6.54 Å². The zero-order valence-electron chi connectivity index (χ0n) is 16.1. The Morgan fingerprint density at radius 1 is 1.23 bits per heavy atom. The Balaban J connectivity index is 1.84. The highest BCUT2D eigenvalue weighted by atomic mass is 32.2. The van der Waals surface area contributed by atoms with Crippen LogP contribution in [0.5, 0.6) is 0 Å². The SMILES string of the molecule is CCCCn1c(SCC(=O)Nc2c(F)cccc2F)nc2cc(S(N)(=O)=O)ccc21. The number of fused-ring (bicyclic) bond motifs is 1. The highest BCUT2D eigenvalue weighted by Crippen LogP contribution is 2.27. The van der Waals surface area contributed by atoms with Crippen molar-refractivity contribution in [3.63, 3.8) is 0 Å². The number of primary sulfonamides is 1. The minimum absolute atomic E-state index is 0.0561. The molecule has 3 N–H and O–H groups in total. The summed E-state index contributed by atoms with van der Waals surface area (Å²) < 4.78 is 52.5. The first kappa shape index (κ1) is 22.2. The van der Waals surface area contributed by atoms with Crippen molar-refractivity contribution in [2.45, 2.75) is 36.4 Å².